The van der Waals surface area contributed by atoms with Crippen LogP contribution in [0.2, 0.25) is 5.02 Å². The molecule has 2 aromatic carbocycles. The fourth-order valence-electron chi connectivity index (χ4n) is 3.03. The predicted molar refractivity (Wildman–Crippen MR) is 115 cm³/mol. The zero-order valence-corrected chi connectivity index (χ0v) is 17.7. The molecule has 0 aliphatic heterocycles. The Kier molecular flexibility index (Phi) is 6.21. The molecular formula is C21H22ClN3O3S. The molecule has 0 saturated heterocycles. The van der Waals surface area contributed by atoms with E-state index in [0.717, 1.165) is 6.42 Å². The van der Waals surface area contributed by atoms with E-state index >= 15 is 0 Å². The van der Waals surface area contributed by atoms with Gasteiger partial charge in [-0.3, -0.25) is 4.79 Å². The molecule has 0 spiro atoms. The first kappa shape index (κ1) is 21.2. The molecule has 0 amide bonds. The van der Waals surface area contributed by atoms with Gasteiger partial charge in [-0.2, -0.15) is 9.78 Å². The van der Waals surface area contributed by atoms with Crippen molar-refractivity contribution in [1.29, 1.82) is 0 Å². The van der Waals surface area contributed by atoms with E-state index < -0.39 is 10.0 Å². The largest absolute Gasteiger partial charge is 0.275 e. The molecule has 3 aromatic rings. The summed E-state index contributed by atoms with van der Waals surface area (Å²) in [7, 11) is -3.78. The molecule has 0 unspecified atom stereocenters. The van der Waals surface area contributed by atoms with Crippen LogP contribution >= 0.6 is 11.6 Å². The summed E-state index contributed by atoms with van der Waals surface area (Å²) < 4.78 is 24.4. The number of rotatable bonds is 6. The number of aromatic nitrogens is 2. The minimum atomic E-state index is -3.78. The molecule has 29 heavy (non-hydrogen) atoms. The average molecular weight is 432 g/mol. The number of benzene rings is 2. The van der Waals surface area contributed by atoms with Crippen molar-refractivity contribution >= 4 is 21.6 Å². The van der Waals surface area contributed by atoms with Crippen LogP contribution in [0.3, 0.4) is 0 Å². The van der Waals surface area contributed by atoms with Gasteiger partial charge in [-0.25, -0.2) is 13.6 Å². The van der Waals surface area contributed by atoms with Gasteiger partial charge in [0.1, 0.15) is 0 Å². The van der Waals surface area contributed by atoms with Crippen molar-refractivity contribution < 1.29 is 8.42 Å². The molecule has 2 N–H and O–H groups in total. The number of hydrogen-bond acceptors (Lipinski definition) is 4. The van der Waals surface area contributed by atoms with E-state index in [9.17, 15) is 13.2 Å². The minimum Gasteiger partial charge on any atom is -0.267 e. The van der Waals surface area contributed by atoms with E-state index in [-0.39, 0.29) is 10.5 Å². The van der Waals surface area contributed by atoms with Crippen molar-refractivity contribution in [3.63, 3.8) is 0 Å². The molecule has 1 aromatic heterocycles. The van der Waals surface area contributed by atoms with Crippen molar-refractivity contribution in [3.05, 3.63) is 75.7 Å². The highest BCUT2D eigenvalue weighted by Crippen LogP contribution is 2.25. The molecule has 0 saturated carbocycles. The van der Waals surface area contributed by atoms with Crippen LogP contribution in [0.4, 0.5) is 0 Å². The summed E-state index contributed by atoms with van der Waals surface area (Å²) in [4.78, 5) is 13.3. The van der Waals surface area contributed by atoms with E-state index in [0.29, 0.717) is 39.7 Å². The van der Waals surface area contributed by atoms with Gasteiger partial charge in [-0.15, -0.1) is 0 Å². The third kappa shape index (κ3) is 4.93. The predicted octanol–water partition coefficient (Wildman–Crippen LogP) is 3.79. The first-order valence-corrected chi connectivity index (χ1v) is 11.1. The van der Waals surface area contributed by atoms with Crippen molar-refractivity contribution in [3.8, 4) is 16.8 Å². The summed E-state index contributed by atoms with van der Waals surface area (Å²) in [6.07, 6.45) is 3.03. The molecule has 152 valence electrons. The lowest BCUT2D eigenvalue weighted by Gasteiger charge is -2.14. The van der Waals surface area contributed by atoms with Crippen LogP contribution in [0.1, 0.15) is 25.8 Å². The second-order valence-corrected chi connectivity index (χ2v) is 9.23. The summed E-state index contributed by atoms with van der Waals surface area (Å²) in [5.74, 6) is 0.416. The topological polar surface area (TPSA) is 95.1 Å². The second-order valence-electron chi connectivity index (χ2n) is 7.24. The first-order chi connectivity index (χ1) is 13.7. The molecule has 0 aliphatic rings. The van der Waals surface area contributed by atoms with Crippen LogP contribution in [-0.2, 0) is 16.4 Å². The second kappa shape index (κ2) is 8.49. The SMILES string of the molecule is CC(C)CCc1c(-c2ccc(S(N)(=O)=O)cc2)cnn(-c2cccc(Cl)c2)c1=O. The van der Waals surface area contributed by atoms with Crippen LogP contribution in [-0.4, -0.2) is 18.2 Å². The fraction of sp³-hybridized carbons (Fsp3) is 0.238. The number of sulfonamides is 1. The van der Waals surface area contributed by atoms with Gasteiger partial charge in [0.25, 0.3) is 5.56 Å². The summed E-state index contributed by atoms with van der Waals surface area (Å²) in [5, 5.41) is 10.0. The zero-order chi connectivity index (χ0) is 21.2. The molecule has 6 nitrogen and oxygen atoms in total. The van der Waals surface area contributed by atoms with Crippen LogP contribution < -0.4 is 10.7 Å². The minimum absolute atomic E-state index is 0.0187. The van der Waals surface area contributed by atoms with Crippen LogP contribution in [0.5, 0.6) is 0 Å². The summed E-state index contributed by atoms with van der Waals surface area (Å²) in [6, 6.07) is 13.1. The van der Waals surface area contributed by atoms with Gasteiger partial charge in [-0.05, 0) is 54.7 Å². The quantitative estimate of drug-likeness (QED) is 0.642. The van der Waals surface area contributed by atoms with Gasteiger partial charge >= 0.3 is 0 Å². The van der Waals surface area contributed by atoms with Gasteiger partial charge in [-0.1, -0.05) is 43.6 Å². The Hall–Kier alpha value is -2.48. The molecule has 8 heteroatoms. The molecule has 0 atom stereocenters. The molecule has 3 rings (SSSR count). The zero-order valence-electron chi connectivity index (χ0n) is 16.2. The number of hydrogen-bond donors (Lipinski definition) is 1. The lowest BCUT2D eigenvalue weighted by Crippen LogP contribution is -2.26. The average Bonchev–Trinajstić information content (AvgIpc) is 2.66. The first-order valence-electron chi connectivity index (χ1n) is 9.17. The van der Waals surface area contributed by atoms with E-state index in [4.69, 9.17) is 16.7 Å². The van der Waals surface area contributed by atoms with Gasteiger partial charge in [0.15, 0.2) is 0 Å². The molecular weight excluding hydrogens is 410 g/mol. The van der Waals surface area contributed by atoms with Crippen molar-refractivity contribution in [2.24, 2.45) is 11.1 Å². The van der Waals surface area contributed by atoms with Gasteiger partial charge in [0, 0.05) is 16.1 Å². The van der Waals surface area contributed by atoms with Crippen molar-refractivity contribution in [1.82, 2.24) is 9.78 Å². The van der Waals surface area contributed by atoms with E-state index in [2.05, 4.69) is 18.9 Å². The third-order valence-corrected chi connectivity index (χ3v) is 5.76. The Bertz CT molecular complexity index is 1190. The number of halogens is 1. The molecule has 0 radical (unpaired) electrons. The van der Waals surface area contributed by atoms with Crippen molar-refractivity contribution in [2.75, 3.05) is 0 Å². The van der Waals surface area contributed by atoms with Crippen LogP contribution in [0.25, 0.3) is 16.8 Å². The maximum absolute atomic E-state index is 13.3. The smallest absolute Gasteiger partial charge is 0.267 e. The Morgan fingerprint density at radius 1 is 1.14 bits per heavy atom. The summed E-state index contributed by atoms with van der Waals surface area (Å²) >= 11 is 6.07. The van der Waals surface area contributed by atoms with E-state index in [1.165, 1.54) is 16.8 Å². The monoisotopic (exact) mass is 431 g/mol. The van der Waals surface area contributed by atoms with E-state index in [1.807, 2.05) is 0 Å². The summed E-state index contributed by atoms with van der Waals surface area (Å²) in [5.41, 5.74) is 2.37. The lowest BCUT2D eigenvalue weighted by molar-refractivity contribution is 0.582. The van der Waals surface area contributed by atoms with Gasteiger partial charge in [0.2, 0.25) is 10.0 Å². The van der Waals surface area contributed by atoms with Gasteiger partial charge in [0.05, 0.1) is 16.8 Å². The fourth-order valence-corrected chi connectivity index (χ4v) is 3.73. The van der Waals surface area contributed by atoms with Crippen molar-refractivity contribution in [2.45, 2.75) is 31.6 Å². The molecule has 1 heterocycles. The maximum Gasteiger partial charge on any atom is 0.275 e. The van der Waals surface area contributed by atoms with Gasteiger partial charge < -0.3 is 0 Å². The normalized spacial score (nSPS) is 11.8. The lowest BCUT2D eigenvalue weighted by atomic mass is 9.96. The highest BCUT2D eigenvalue weighted by Gasteiger charge is 2.16. The number of primary sulfonamides is 1. The number of nitrogens with two attached hydrogens (primary N) is 1. The Morgan fingerprint density at radius 3 is 2.41 bits per heavy atom. The Labute approximate surface area is 175 Å². The molecule has 0 fully saturated rings. The maximum atomic E-state index is 13.3. The number of nitrogens with zero attached hydrogens (tertiary/aromatic N) is 2. The van der Waals surface area contributed by atoms with E-state index in [1.54, 1.807) is 42.6 Å². The van der Waals surface area contributed by atoms with Crippen LogP contribution in [0, 0.1) is 5.92 Å². The Balaban J connectivity index is 2.14. The van der Waals surface area contributed by atoms with Crippen LogP contribution in [0.15, 0.2) is 64.4 Å². The molecule has 0 bridgehead atoms. The Morgan fingerprint density at radius 2 is 1.83 bits per heavy atom. The highest BCUT2D eigenvalue weighted by molar-refractivity contribution is 7.89. The highest BCUT2D eigenvalue weighted by atomic mass is 35.5. The molecule has 0 aliphatic carbocycles. The summed E-state index contributed by atoms with van der Waals surface area (Å²) in [6.45, 7) is 4.19. The third-order valence-electron chi connectivity index (χ3n) is 4.60. The standard InChI is InChI=1S/C21H22ClN3O3S/c1-14(2)6-11-19-20(15-7-9-18(10-8-15)29(23,27)28)13-24-25(21(19)26)17-5-3-4-16(22)12-17/h3-5,7-10,12-14H,6,11H2,1-2H3,(H2,23,27,28).